The molecule has 130 valence electrons. The van der Waals surface area contributed by atoms with Crippen LogP contribution in [0.25, 0.3) is 0 Å². The molecule has 0 fully saturated rings. The summed E-state index contributed by atoms with van der Waals surface area (Å²) < 4.78 is 4.69. The average Bonchev–Trinajstić information content (AvgIpc) is 2.60. The Morgan fingerprint density at radius 3 is 2.44 bits per heavy atom. The van der Waals surface area contributed by atoms with E-state index in [0.717, 1.165) is 5.56 Å². The Balaban J connectivity index is 2.06. The van der Waals surface area contributed by atoms with Gasteiger partial charge in [0, 0.05) is 11.3 Å². The van der Waals surface area contributed by atoms with Crippen molar-refractivity contribution < 1.29 is 19.1 Å². The summed E-state index contributed by atoms with van der Waals surface area (Å²) >= 11 is 0. The maximum absolute atomic E-state index is 12.2. The van der Waals surface area contributed by atoms with Gasteiger partial charge >= 0.3 is 5.97 Å². The Hall–Kier alpha value is -3.15. The summed E-state index contributed by atoms with van der Waals surface area (Å²) in [5, 5.41) is 5.71. The first-order chi connectivity index (χ1) is 11.9. The first-order valence-corrected chi connectivity index (χ1v) is 7.75. The van der Waals surface area contributed by atoms with E-state index >= 15 is 0 Å². The number of anilines is 2. The highest BCUT2D eigenvalue weighted by atomic mass is 16.5. The van der Waals surface area contributed by atoms with Crippen LogP contribution in [0.1, 0.15) is 33.2 Å². The van der Waals surface area contributed by atoms with Crippen LogP contribution in [-0.2, 0) is 9.53 Å². The number of methoxy groups -OCH3 is 1. The fourth-order valence-corrected chi connectivity index (χ4v) is 2.33. The molecule has 0 aliphatic carbocycles. The Morgan fingerprint density at radius 1 is 1.04 bits per heavy atom. The number of carbonyl (C=O) groups is 3. The minimum atomic E-state index is -0.442. The number of hydrogen-bond acceptors (Lipinski definition) is 5. The lowest BCUT2D eigenvalue weighted by atomic mass is 10.1. The summed E-state index contributed by atoms with van der Waals surface area (Å²) in [5.41, 5.74) is 2.89. The first kappa shape index (κ1) is 18.2. The molecule has 0 unspecified atom stereocenters. The van der Waals surface area contributed by atoms with Crippen LogP contribution in [0, 0.1) is 6.92 Å². The van der Waals surface area contributed by atoms with E-state index in [9.17, 15) is 14.4 Å². The molecule has 0 spiro atoms. The number of esters is 1. The van der Waals surface area contributed by atoms with Crippen LogP contribution in [0.15, 0.2) is 42.5 Å². The van der Waals surface area contributed by atoms with E-state index in [-0.39, 0.29) is 18.2 Å². The quantitative estimate of drug-likeness (QED) is 0.624. The lowest BCUT2D eigenvalue weighted by Crippen LogP contribution is -2.23. The fourth-order valence-electron chi connectivity index (χ4n) is 2.33. The van der Waals surface area contributed by atoms with Crippen LogP contribution in [0.2, 0.25) is 0 Å². The second kappa shape index (κ2) is 8.10. The van der Waals surface area contributed by atoms with Gasteiger partial charge in [-0.2, -0.15) is 0 Å². The second-order valence-corrected chi connectivity index (χ2v) is 5.52. The summed E-state index contributed by atoms with van der Waals surface area (Å²) in [6.07, 6.45) is 0. The van der Waals surface area contributed by atoms with Crippen molar-refractivity contribution in [2.45, 2.75) is 13.8 Å². The number of Topliss-reactive ketones (excluding diaryl/α,β-unsaturated/α-hetero) is 1. The standard InChI is InChI=1S/C19H20N2O4/c1-12-8-9-14(19(24)25-3)10-17(12)20-11-18(23)21-16-7-5-4-6-15(16)13(2)22/h4-10,20H,11H2,1-3H3,(H,21,23). The Morgan fingerprint density at radius 2 is 1.76 bits per heavy atom. The van der Waals surface area contributed by atoms with Crippen LogP contribution in [0.5, 0.6) is 0 Å². The molecule has 0 radical (unpaired) electrons. The van der Waals surface area contributed by atoms with Crippen LogP contribution < -0.4 is 10.6 Å². The van der Waals surface area contributed by atoms with Crippen molar-refractivity contribution in [2.24, 2.45) is 0 Å². The lowest BCUT2D eigenvalue weighted by Gasteiger charge is -2.12. The van der Waals surface area contributed by atoms with Crippen molar-refractivity contribution in [3.63, 3.8) is 0 Å². The predicted octanol–water partition coefficient (Wildman–Crippen LogP) is 3.03. The van der Waals surface area contributed by atoms with E-state index in [0.29, 0.717) is 22.5 Å². The van der Waals surface area contributed by atoms with Crippen molar-refractivity contribution in [3.05, 3.63) is 59.2 Å². The molecule has 2 aromatic carbocycles. The molecular weight excluding hydrogens is 320 g/mol. The molecular formula is C19H20N2O4. The molecule has 0 saturated heterocycles. The van der Waals surface area contributed by atoms with E-state index < -0.39 is 5.97 Å². The largest absolute Gasteiger partial charge is 0.465 e. The zero-order valence-electron chi connectivity index (χ0n) is 14.4. The van der Waals surface area contributed by atoms with Gasteiger partial charge in [0.2, 0.25) is 5.91 Å². The molecule has 0 aromatic heterocycles. The summed E-state index contributed by atoms with van der Waals surface area (Å²) in [6.45, 7) is 3.31. The van der Waals surface area contributed by atoms with Crippen LogP contribution in [0.4, 0.5) is 11.4 Å². The fraction of sp³-hybridized carbons (Fsp3) is 0.211. The zero-order valence-corrected chi connectivity index (χ0v) is 14.4. The van der Waals surface area contributed by atoms with Gasteiger partial charge in [-0.1, -0.05) is 18.2 Å². The Bertz CT molecular complexity index is 815. The third-order valence-corrected chi connectivity index (χ3v) is 3.68. The van der Waals surface area contributed by atoms with Gasteiger partial charge in [-0.05, 0) is 43.7 Å². The van der Waals surface area contributed by atoms with Crippen LogP contribution in [0.3, 0.4) is 0 Å². The lowest BCUT2D eigenvalue weighted by molar-refractivity contribution is -0.114. The van der Waals surface area contributed by atoms with Gasteiger partial charge < -0.3 is 15.4 Å². The van der Waals surface area contributed by atoms with E-state index in [1.165, 1.54) is 14.0 Å². The molecule has 0 bridgehead atoms. The number of amides is 1. The molecule has 2 aromatic rings. The monoisotopic (exact) mass is 340 g/mol. The number of nitrogens with one attached hydrogen (secondary N) is 2. The molecule has 0 heterocycles. The highest BCUT2D eigenvalue weighted by molar-refractivity contribution is 6.04. The minimum absolute atomic E-state index is 0.00228. The molecule has 2 N–H and O–H groups in total. The molecule has 0 atom stereocenters. The number of para-hydroxylation sites is 1. The maximum atomic E-state index is 12.2. The third kappa shape index (κ3) is 4.67. The normalized spacial score (nSPS) is 10.0. The molecule has 6 nitrogen and oxygen atoms in total. The SMILES string of the molecule is COC(=O)c1ccc(C)c(NCC(=O)Nc2ccccc2C(C)=O)c1. The number of ether oxygens (including phenoxy) is 1. The highest BCUT2D eigenvalue weighted by Crippen LogP contribution is 2.18. The van der Waals surface area contributed by atoms with Gasteiger partial charge in [-0.25, -0.2) is 4.79 Å². The van der Waals surface area contributed by atoms with E-state index in [4.69, 9.17) is 4.74 Å². The summed E-state index contributed by atoms with van der Waals surface area (Å²) in [6, 6.07) is 11.9. The van der Waals surface area contributed by atoms with E-state index in [1.807, 2.05) is 6.92 Å². The van der Waals surface area contributed by atoms with Gasteiger partial charge in [0.25, 0.3) is 0 Å². The van der Waals surface area contributed by atoms with E-state index in [2.05, 4.69) is 10.6 Å². The first-order valence-electron chi connectivity index (χ1n) is 7.75. The predicted molar refractivity (Wildman–Crippen MR) is 96.1 cm³/mol. The topological polar surface area (TPSA) is 84.5 Å². The minimum Gasteiger partial charge on any atom is -0.465 e. The number of benzene rings is 2. The molecule has 0 aliphatic rings. The van der Waals surface area contributed by atoms with Gasteiger partial charge in [-0.15, -0.1) is 0 Å². The Kier molecular flexibility index (Phi) is 5.89. The average molecular weight is 340 g/mol. The van der Waals surface area contributed by atoms with Crippen LogP contribution in [-0.4, -0.2) is 31.3 Å². The second-order valence-electron chi connectivity index (χ2n) is 5.52. The third-order valence-electron chi connectivity index (χ3n) is 3.68. The van der Waals surface area contributed by atoms with Crippen molar-refractivity contribution >= 4 is 29.0 Å². The molecule has 6 heteroatoms. The van der Waals surface area contributed by atoms with Crippen molar-refractivity contribution in [3.8, 4) is 0 Å². The van der Waals surface area contributed by atoms with Crippen LogP contribution >= 0.6 is 0 Å². The maximum Gasteiger partial charge on any atom is 0.337 e. The Labute approximate surface area is 146 Å². The van der Waals surface area contributed by atoms with E-state index in [1.54, 1.807) is 42.5 Å². The summed E-state index contributed by atoms with van der Waals surface area (Å²) in [7, 11) is 1.31. The zero-order chi connectivity index (χ0) is 18.4. The molecule has 0 saturated carbocycles. The van der Waals surface area contributed by atoms with Crippen molar-refractivity contribution in [1.29, 1.82) is 0 Å². The molecule has 2 rings (SSSR count). The molecule has 25 heavy (non-hydrogen) atoms. The van der Waals surface area contributed by atoms with Crippen molar-refractivity contribution in [2.75, 3.05) is 24.3 Å². The smallest absolute Gasteiger partial charge is 0.337 e. The number of aryl methyl sites for hydroxylation is 1. The van der Waals surface area contributed by atoms with Gasteiger partial charge in [0.15, 0.2) is 5.78 Å². The molecule has 0 aliphatic heterocycles. The van der Waals surface area contributed by atoms with Gasteiger partial charge in [0.1, 0.15) is 0 Å². The van der Waals surface area contributed by atoms with Crippen molar-refractivity contribution in [1.82, 2.24) is 0 Å². The number of ketones is 1. The summed E-state index contributed by atoms with van der Waals surface area (Å²) in [4.78, 5) is 35.4. The summed E-state index contributed by atoms with van der Waals surface area (Å²) in [5.74, 6) is -0.857. The molecule has 1 amide bonds. The van der Waals surface area contributed by atoms with Gasteiger partial charge in [-0.3, -0.25) is 9.59 Å². The highest BCUT2D eigenvalue weighted by Gasteiger charge is 2.11. The number of rotatable bonds is 6. The van der Waals surface area contributed by atoms with Gasteiger partial charge in [0.05, 0.1) is 24.9 Å². The number of carbonyl (C=O) groups excluding carboxylic acids is 3. The number of hydrogen-bond donors (Lipinski definition) is 2.